The number of nitrogens with one attached hydrogen (secondary N) is 4. The lowest BCUT2D eigenvalue weighted by Crippen LogP contribution is -2.52. The Morgan fingerprint density at radius 2 is 1.63 bits per heavy atom. The Morgan fingerprint density at radius 1 is 1.00 bits per heavy atom. The first-order valence-corrected chi connectivity index (χ1v) is 10.5. The Labute approximate surface area is 182 Å². The van der Waals surface area contributed by atoms with Gasteiger partial charge in [-0.1, -0.05) is 23.2 Å². The number of hydrazine groups is 1. The number of halogens is 2. The zero-order chi connectivity index (χ0) is 22.5. The minimum absolute atomic E-state index is 0.0910. The molecule has 30 heavy (non-hydrogen) atoms. The second-order valence-corrected chi connectivity index (χ2v) is 8.43. The molecule has 4 amide bonds. The molecule has 2 rings (SSSR count). The molecule has 1 atom stereocenters. The van der Waals surface area contributed by atoms with Crippen molar-refractivity contribution in [3.8, 4) is 0 Å². The van der Waals surface area contributed by atoms with E-state index in [2.05, 4.69) is 20.9 Å². The van der Waals surface area contributed by atoms with Gasteiger partial charge in [0.05, 0.1) is 5.02 Å². The molecule has 2 aromatic carbocycles. The van der Waals surface area contributed by atoms with E-state index in [0.717, 1.165) is 6.07 Å². The first-order valence-electron chi connectivity index (χ1n) is 8.23. The number of amides is 4. The summed E-state index contributed by atoms with van der Waals surface area (Å²) in [7, 11) is -4.12. The van der Waals surface area contributed by atoms with Gasteiger partial charge in [0.1, 0.15) is 10.9 Å². The average molecular weight is 474 g/mol. The number of rotatable bonds is 6. The SMILES string of the molecule is CC(NC(N)=O)C(=O)NNC(=O)c1ccc(Cl)c(S(=O)(=O)Nc2ccc(Cl)cc2)c1. The molecule has 0 saturated carbocycles. The molecule has 6 N–H and O–H groups in total. The van der Waals surface area contributed by atoms with Crippen LogP contribution in [0.2, 0.25) is 10.0 Å². The van der Waals surface area contributed by atoms with Gasteiger partial charge in [0, 0.05) is 16.3 Å². The monoisotopic (exact) mass is 473 g/mol. The maximum Gasteiger partial charge on any atom is 0.312 e. The molecule has 0 heterocycles. The molecule has 1 unspecified atom stereocenters. The molecule has 0 fully saturated rings. The van der Waals surface area contributed by atoms with Crippen LogP contribution < -0.4 is 26.6 Å². The van der Waals surface area contributed by atoms with Gasteiger partial charge >= 0.3 is 6.03 Å². The fourth-order valence-electron chi connectivity index (χ4n) is 2.16. The van der Waals surface area contributed by atoms with Crippen LogP contribution in [-0.4, -0.2) is 32.3 Å². The molecule has 0 spiro atoms. The summed E-state index contributed by atoms with van der Waals surface area (Å²) in [6, 6.07) is 7.55. The lowest BCUT2D eigenvalue weighted by Gasteiger charge is -2.14. The first kappa shape index (κ1) is 23.3. The molecular formula is C17H17Cl2N5O5S. The van der Waals surface area contributed by atoms with Crippen LogP contribution in [0.3, 0.4) is 0 Å². The third-order valence-electron chi connectivity index (χ3n) is 3.63. The third-order valence-corrected chi connectivity index (χ3v) is 5.75. The summed E-state index contributed by atoms with van der Waals surface area (Å²) < 4.78 is 27.6. The highest BCUT2D eigenvalue weighted by atomic mass is 35.5. The van der Waals surface area contributed by atoms with Crippen LogP contribution in [0.15, 0.2) is 47.4 Å². The molecule has 0 aliphatic carbocycles. The fraction of sp³-hybridized carbons (Fsp3) is 0.118. The first-order chi connectivity index (χ1) is 14.0. The Morgan fingerprint density at radius 3 is 2.23 bits per heavy atom. The predicted molar refractivity (Wildman–Crippen MR) is 112 cm³/mol. The highest BCUT2D eigenvalue weighted by Crippen LogP contribution is 2.25. The summed E-state index contributed by atoms with van der Waals surface area (Å²) in [6.45, 7) is 1.35. The van der Waals surface area contributed by atoms with E-state index in [1.165, 1.54) is 43.3 Å². The number of hydrogen-bond acceptors (Lipinski definition) is 5. The maximum atomic E-state index is 12.7. The normalized spacial score (nSPS) is 11.8. The zero-order valence-electron chi connectivity index (χ0n) is 15.4. The molecule has 0 radical (unpaired) electrons. The van der Waals surface area contributed by atoms with Gasteiger partial charge in [-0.3, -0.25) is 25.2 Å². The molecular weight excluding hydrogens is 457 g/mol. The lowest BCUT2D eigenvalue weighted by molar-refractivity contribution is -0.123. The highest BCUT2D eigenvalue weighted by molar-refractivity contribution is 7.92. The zero-order valence-corrected chi connectivity index (χ0v) is 17.7. The number of carbonyl (C=O) groups is 3. The number of hydrogen-bond donors (Lipinski definition) is 5. The standard InChI is InChI=1S/C17H17Cl2N5O5S/c1-9(21-17(20)27)15(25)22-23-16(26)10-2-7-13(19)14(8-10)30(28,29)24-12-5-3-11(18)4-6-12/h2-9,24H,1H3,(H,22,25)(H,23,26)(H3,20,21,27). The Hall–Kier alpha value is -3.02. The number of carbonyl (C=O) groups excluding carboxylic acids is 3. The van der Waals surface area contributed by atoms with E-state index in [1.54, 1.807) is 0 Å². The van der Waals surface area contributed by atoms with E-state index >= 15 is 0 Å². The number of nitrogens with two attached hydrogens (primary N) is 1. The van der Waals surface area contributed by atoms with Gasteiger partial charge in [0.15, 0.2) is 0 Å². The molecule has 0 aromatic heterocycles. The minimum atomic E-state index is -4.12. The number of sulfonamides is 1. The maximum absolute atomic E-state index is 12.7. The van der Waals surface area contributed by atoms with E-state index in [0.29, 0.717) is 5.02 Å². The van der Waals surface area contributed by atoms with Gasteiger partial charge in [0.25, 0.3) is 21.8 Å². The second kappa shape index (κ2) is 9.65. The van der Waals surface area contributed by atoms with Crippen LogP contribution in [-0.2, 0) is 14.8 Å². The van der Waals surface area contributed by atoms with Crippen molar-refractivity contribution in [3.63, 3.8) is 0 Å². The summed E-state index contributed by atoms with van der Waals surface area (Å²) in [5.41, 5.74) is 9.25. The van der Waals surface area contributed by atoms with Crippen molar-refractivity contribution < 1.29 is 22.8 Å². The van der Waals surface area contributed by atoms with Crippen molar-refractivity contribution in [1.29, 1.82) is 0 Å². The van der Waals surface area contributed by atoms with Gasteiger partial charge in [-0.15, -0.1) is 0 Å². The summed E-state index contributed by atoms with van der Waals surface area (Å²) in [4.78, 5) is 34.5. The Kier molecular flexibility index (Phi) is 7.48. The minimum Gasteiger partial charge on any atom is -0.352 e. The van der Waals surface area contributed by atoms with E-state index in [-0.39, 0.29) is 21.2 Å². The van der Waals surface area contributed by atoms with Crippen LogP contribution in [0.4, 0.5) is 10.5 Å². The number of urea groups is 1. The largest absolute Gasteiger partial charge is 0.352 e. The molecule has 0 saturated heterocycles. The van der Waals surface area contributed by atoms with E-state index in [1.807, 2.05) is 0 Å². The van der Waals surface area contributed by atoms with Crippen molar-refractivity contribution in [2.24, 2.45) is 5.73 Å². The molecule has 160 valence electrons. The summed E-state index contributed by atoms with van der Waals surface area (Å²) in [6.07, 6.45) is 0. The van der Waals surface area contributed by atoms with Crippen molar-refractivity contribution in [3.05, 3.63) is 58.1 Å². The van der Waals surface area contributed by atoms with E-state index in [9.17, 15) is 22.8 Å². The molecule has 0 aliphatic heterocycles. The van der Waals surface area contributed by atoms with Gasteiger partial charge in [-0.25, -0.2) is 13.2 Å². The molecule has 0 aliphatic rings. The van der Waals surface area contributed by atoms with Gasteiger partial charge in [0.2, 0.25) is 0 Å². The van der Waals surface area contributed by atoms with Crippen molar-refractivity contribution in [1.82, 2.24) is 16.2 Å². The fourth-order valence-corrected chi connectivity index (χ4v) is 3.87. The van der Waals surface area contributed by atoms with Crippen LogP contribution in [0.25, 0.3) is 0 Å². The summed E-state index contributed by atoms with van der Waals surface area (Å²) in [5.74, 6) is -1.55. The van der Waals surface area contributed by atoms with Crippen LogP contribution in [0.1, 0.15) is 17.3 Å². The molecule has 10 nitrogen and oxygen atoms in total. The predicted octanol–water partition coefficient (Wildman–Crippen LogP) is 1.61. The van der Waals surface area contributed by atoms with Gasteiger partial charge < -0.3 is 11.1 Å². The Bertz CT molecular complexity index is 1080. The van der Waals surface area contributed by atoms with E-state index < -0.39 is 33.9 Å². The highest BCUT2D eigenvalue weighted by Gasteiger charge is 2.21. The van der Waals surface area contributed by atoms with Crippen LogP contribution in [0.5, 0.6) is 0 Å². The number of anilines is 1. The number of benzene rings is 2. The van der Waals surface area contributed by atoms with E-state index in [4.69, 9.17) is 28.9 Å². The van der Waals surface area contributed by atoms with Crippen molar-refractivity contribution in [2.45, 2.75) is 17.9 Å². The quantitative estimate of drug-likeness (QED) is 0.402. The van der Waals surface area contributed by atoms with Crippen molar-refractivity contribution >= 4 is 56.8 Å². The molecule has 13 heteroatoms. The summed E-state index contributed by atoms with van der Waals surface area (Å²) >= 11 is 11.8. The smallest absolute Gasteiger partial charge is 0.312 e. The van der Waals surface area contributed by atoms with Crippen LogP contribution in [0, 0.1) is 0 Å². The van der Waals surface area contributed by atoms with Gasteiger partial charge in [-0.2, -0.15) is 0 Å². The lowest BCUT2D eigenvalue weighted by atomic mass is 10.2. The topological polar surface area (TPSA) is 159 Å². The second-order valence-electron chi connectivity index (χ2n) is 5.93. The average Bonchev–Trinajstić information content (AvgIpc) is 2.67. The molecule has 0 bridgehead atoms. The molecule has 2 aromatic rings. The van der Waals surface area contributed by atoms with Crippen molar-refractivity contribution in [2.75, 3.05) is 4.72 Å². The summed E-state index contributed by atoms with van der Waals surface area (Å²) in [5, 5.41) is 2.44. The third kappa shape index (κ3) is 6.24. The Balaban J connectivity index is 2.15. The van der Waals surface area contributed by atoms with Crippen LogP contribution >= 0.6 is 23.2 Å². The number of primary amides is 1. The van der Waals surface area contributed by atoms with Gasteiger partial charge in [-0.05, 0) is 49.4 Å².